The summed E-state index contributed by atoms with van der Waals surface area (Å²) in [5.74, 6) is -1.16. The van der Waals surface area contributed by atoms with Crippen LogP contribution in [0, 0.1) is 0 Å². The molecule has 228 valence electrons. The van der Waals surface area contributed by atoms with E-state index in [4.69, 9.17) is 28.1 Å². The van der Waals surface area contributed by atoms with Crippen LogP contribution in [-0.4, -0.2) is 116 Å². The minimum atomic E-state index is -1.84. The lowest BCUT2D eigenvalue weighted by atomic mass is 9.98. The molecule has 8 N–H and O–H groups in total. The van der Waals surface area contributed by atoms with Gasteiger partial charge in [-0.2, -0.15) is 0 Å². The molecule has 2 aliphatic rings. The summed E-state index contributed by atoms with van der Waals surface area (Å²) in [5.41, 5.74) is -0.741. The molecule has 0 spiro atoms. The molecule has 2 aliphatic heterocycles. The normalized spacial score (nSPS) is 31.6. The fourth-order valence-electron chi connectivity index (χ4n) is 4.75. The van der Waals surface area contributed by atoms with Crippen LogP contribution in [-0.2, 0) is 14.2 Å². The minimum Gasteiger partial charge on any atom is -0.508 e. The monoisotopic (exact) mass is 594 g/mol. The first-order valence-electron chi connectivity index (χ1n) is 12.8. The average molecular weight is 595 g/mol. The molecule has 0 radical (unpaired) electrons. The van der Waals surface area contributed by atoms with Gasteiger partial charge in [0.05, 0.1) is 20.3 Å². The van der Waals surface area contributed by atoms with Gasteiger partial charge in [-0.05, 0) is 24.3 Å². The Bertz CT molecular complexity index is 1460. The summed E-state index contributed by atoms with van der Waals surface area (Å²) in [6, 6.07) is 8.00. The molecular weight excluding hydrogens is 564 g/mol. The third-order valence-corrected chi connectivity index (χ3v) is 7.08. The van der Waals surface area contributed by atoms with Gasteiger partial charge >= 0.3 is 0 Å². The Morgan fingerprint density at radius 1 is 0.929 bits per heavy atom. The molecule has 0 saturated carbocycles. The number of methoxy groups -OCH3 is 1. The number of hydrogen-bond donors (Lipinski definition) is 8. The van der Waals surface area contributed by atoms with Gasteiger partial charge < -0.3 is 69.0 Å². The van der Waals surface area contributed by atoms with Gasteiger partial charge in [-0.15, -0.1) is 0 Å². The highest BCUT2D eigenvalue weighted by atomic mass is 16.8. The number of phenolic OH excluding ortho intramolecular Hbond substituents is 2. The highest BCUT2D eigenvalue weighted by Crippen LogP contribution is 2.38. The van der Waals surface area contributed by atoms with Gasteiger partial charge in [-0.3, -0.25) is 4.79 Å². The summed E-state index contributed by atoms with van der Waals surface area (Å²) < 4.78 is 33.6. The largest absolute Gasteiger partial charge is 0.508 e. The molecule has 0 aliphatic carbocycles. The number of rotatable bonds is 7. The second-order valence-electron chi connectivity index (χ2n) is 9.83. The second-order valence-corrected chi connectivity index (χ2v) is 9.83. The number of aliphatic hydroxyl groups is 6. The van der Waals surface area contributed by atoms with E-state index in [0.29, 0.717) is 0 Å². The van der Waals surface area contributed by atoms with Crippen LogP contribution in [0.4, 0.5) is 0 Å². The minimum absolute atomic E-state index is 0.0837. The molecule has 15 heteroatoms. The van der Waals surface area contributed by atoms with Gasteiger partial charge in [0.15, 0.2) is 18.2 Å². The van der Waals surface area contributed by atoms with E-state index in [2.05, 4.69) is 0 Å². The predicted octanol–water partition coefficient (Wildman–Crippen LogP) is -1.48. The number of hydrogen-bond acceptors (Lipinski definition) is 15. The lowest BCUT2D eigenvalue weighted by Crippen LogP contribution is -2.64. The Hall–Kier alpha value is -3.51. The Kier molecular flexibility index (Phi) is 8.56. The molecule has 3 heterocycles. The van der Waals surface area contributed by atoms with Crippen molar-refractivity contribution in [2.45, 2.75) is 55.3 Å². The van der Waals surface area contributed by atoms with Crippen LogP contribution in [0.1, 0.15) is 0 Å². The maximum Gasteiger partial charge on any atom is 0.239 e. The first-order valence-corrected chi connectivity index (χ1v) is 12.8. The summed E-state index contributed by atoms with van der Waals surface area (Å²) in [6.45, 7) is -1.22. The summed E-state index contributed by atoms with van der Waals surface area (Å²) >= 11 is 0. The molecule has 0 amide bonds. The van der Waals surface area contributed by atoms with Crippen molar-refractivity contribution in [2.75, 3.05) is 20.3 Å². The van der Waals surface area contributed by atoms with Crippen LogP contribution >= 0.6 is 0 Å². The van der Waals surface area contributed by atoms with Crippen LogP contribution in [0.5, 0.6) is 23.0 Å². The molecule has 9 atom stereocenters. The fourth-order valence-corrected chi connectivity index (χ4v) is 4.75. The first kappa shape index (κ1) is 30.0. The molecule has 2 fully saturated rings. The zero-order chi connectivity index (χ0) is 30.3. The van der Waals surface area contributed by atoms with Crippen molar-refractivity contribution in [1.82, 2.24) is 0 Å². The highest BCUT2D eigenvalue weighted by molar-refractivity contribution is 5.88. The maximum absolute atomic E-state index is 13.8. The standard InChI is InChI=1S/C27H30O15/c1-37-12-6-13(30)17-15(7-12)39-23(10-2-4-11(29)5-3-10)24(20(17)34)41-27-25(21(35)19(33)16(8-28)40-27)42-26-22(36)18(32)14(31)9-38-26/h2-7,14,16,18-19,21-22,25-33,35-36H,8-9H2,1H3/t14-,16?,18?,19+,21?,22-,25?,26+,27+/m1/s1. The average Bonchev–Trinajstić information content (AvgIpc) is 2.97. The van der Waals surface area contributed by atoms with Crippen molar-refractivity contribution in [1.29, 1.82) is 0 Å². The molecule has 2 saturated heterocycles. The van der Waals surface area contributed by atoms with Gasteiger partial charge in [0, 0.05) is 17.7 Å². The van der Waals surface area contributed by atoms with Gasteiger partial charge in [0.2, 0.25) is 17.5 Å². The van der Waals surface area contributed by atoms with E-state index in [1.54, 1.807) is 0 Å². The quantitative estimate of drug-likeness (QED) is 0.156. The van der Waals surface area contributed by atoms with Gasteiger partial charge in [-0.25, -0.2) is 0 Å². The van der Waals surface area contributed by atoms with Crippen molar-refractivity contribution in [3.63, 3.8) is 0 Å². The topological polar surface area (TPSA) is 238 Å². The van der Waals surface area contributed by atoms with Crippen molar-refractivity contribution >= 4 is 11.0 Å². The summed E-state index contributed by atoms with van der Waals surface area (Å²) in [6.07, 6.45) is -15.0. The van der Waals surface area contributed by atoms with Crippen LogP contribution in [0.2, 0.25) is 0 Å². The summed E-state index contributed by atoms with van der Waals surface area (Å²) in [4.78, 5) is 13.8. The number of fused-ring (bicyclic) bond motifs is 1. The molecule has 15 nitrogen and oxygen atoms in total. The van der Waals surface area contributed by atoms with Gasteiger partial charge in [-0.1, -0.05) is 0 Å². The molecule has 4 unspecified atom stereocenters. The Morgan fingerprint density at radius 2 is 1.64 bits per heavy atom. The zero-order valence-electron chi connectivity index (χ0n) is 22.0. The third kappa shape index (κ3) is 5.49. The van der Waals surface area contributed by atoms with Crippen molar-refractivity contribution < 1.29 is 69.0 Å². The lowest BCUT2D eigenvalue weighted by molar-refractivity contribution is -0.345. The SMILES string of the molecule is COc1cc(O)c2c(=O)c(O[C@@H]3OC(CO)[C@H](O)C(O)C3O[C@@H]3OC[C@@H](O)C(O)[C@H]3O)c(-c3ccc(O)cc3)oc2c1. The molecule has 42 heavy (non-hydrogen) atoms. The van der Waals surface area contributed by atoms with Gasteiger partial charge in [0.1, 0.15) is 64.8 Å². The van der Waals surface area contributed by atoms with Gasteiger partial charge in [0.25, 0.3) is 0 Å². The number of ether oxygens (including phenoxy) is 5. The molecule has 5 rings (SSSR count). The Morgan fingerprint density at radius 3 is 2.31 bits per heavy atom. The Labute approximate surface area is 236 Å². The number of benzene rings is 2. The van der Waals surface area contributed by atoms with Crippen molar-refractivity contribution in [3.8, 4) is 34.3 Å². The smallest absolute Gasteiger partial charge is 0.239 e. The zero-order valence-corrected chi connectivity index (χ0v) is 22.0. The van der Waals surface area contributed by atoms with E-state index in [-0.39, 0.29) is 33.8 Å². The van der Waals surface area contributed by atoms with Crippen LogP contribution in [0.25, 0.3) is 22.3 Å². The van der Waals surface area contributed by atoms with Crippen molar-refractivity contribution in [2.24, 2.45) is 0 Å². The predicted molar refractivity (Wildman–Crippen MR) is 139 cm³/mol. The molecule has 1 aromatic heterocycles. The van der Waals surface area contributed by atoms with E-state index in [1.807, 2.05) is 0 Å². The third-order valence-electron chi connectivity index (χ3n) is 7.08. The summed E-state index contributed by atoms with van der Waals surface area (Å²) in [7, 11) is 1.35. The number of aliphatic hydroxyl groups excluding tert-OH is 6. The second kappa shape index (κ2) is 12.0. The van der Waals surface area contributed by atoms with Crippen LogP contribution in [0.3, 0.4) is 0 Å². The van der Waals surface area contributed by atoms with E-state index < -0.39 is 85.4 Å². The van der Waals surface area contributed by atoms with E-state index in [0.717, 1.165) is 0 Å². The molecular formula is C27H30O15. The molecule has 2 aromatic carbocycles. The summed E-state index contributed by atoms with van der Waals surface area (Å²) in [5, 5.41) is 81.4. The molecule has 0 bridgehead atoms. The van der Waals surface area contributed by atoms with Crippen molar-refractivity contribution in [3.05, 3.63) is 46.6 Å². The lowest BCUT2D eigenvalue weighted by Gasteiger charge is -2.44. The Balaban J connectivity index is 1.61. The van der Waals surface area contributed by atoms with Crippen LogP contribution in [0.15, 0.2) is 45.6 Å². The highest BCUT2D eigenvalue weighted by Gasteiger charge is 2.50. The molecule has 3 aromatic rings. The van der Waals surface area contributed by atoms with Crippen LogP contribution < -0.4 is 14.9 Å². The number of aromatic hydroxyl groups is 2. The number of phenols is 2. The first-order chi connectivity index (χ1) is 20.0. The fraction of sp³-hybridized carbons (Fsp3) is 0.444. The van der Waals surface area contributed by atoms with E-state index >= 15 is 0 Å². The van der Waals surface area contributed by atoms with E-state index in [1.165, 1.54) is 43.5 Å². The van der Waals surface area contributed by atoms with E-state index in [9.17, 15) is 45.6 Å². The maximum atomic E-state index is 13.8.